The summed E-state index contributed by atoms with van der Waals surface area (Å²) in [5.74, 6) is 2.57. The third-order valence-corrected chi connectivity index (χ3v) is 3.70. The number of benzene rings is 2. The second kappa shape index (κ2) is 7.12. The Bertz CT molecular complexity index is 714. The Hall–Kier alpha value is -2.89. The molecule has 3 rings (SSSR count). The molecule has 1 amide bonds. The highest BCUT2D eigenvalue weighted by Crippen LogP contribution is 2.34. The van der Waals surface area contributed by atoms with E-state index < -0.39 is 0 Å². The lowest BCUT2D eigenvalue weighted by atomic mass is 10.1. The number of ether oxygens (including phenoxy) is 4. The highest BCUT2D eigenvalue weighted by molar-refractivity contribution is 5.78. The molecule has 126 valence electrons. The van der Waals surface area contributed by atoms with Crippen molar-refractivity contribution in [3.63, 3.8) is 0 Å². The normalized spacial score (nSPS) is 13.2. The number of fused-ring (bicyclic) bond motifs is 1. The zero-order valence-corrected chi connectivity index (χ0v) is 13.6. The summed E-state index contributed by atoms with van der Waals surface area (Å²) in [5.41, 5.74) is 0.942. The molecule has 1 N–H and O–H groups in total. The largest absolute Gasteiger partial charge is 0.497 e. The molecule has 0 aliphatic carbocycles. The molecule has 0 aromatic heterocycles. The third kappa shape index (κ3) is 3.71. The van der Waals surface area contributed by atoms with Crippen LogP contribution in [0, 0.1) is 0 Å². The third-order valence-electron chi connectivity index (χ3n) is 3.70. The fourth-order valence-corrected chi connectivity index (χ4v) is 2.37. The number of hydrogen-bond acceptors (Lipinski definition) is 5. The van der Waals surface area contributed by atoms with Crippen LogP contribution in [0.5, 0.6) is 23.0 Å². The average molecular weight is 329 g/mol. The maximum atomic E-state index is 12.0. The van der Waals surface area contributed by atoms with Gasteiger partial charge in [0.1, 0.15) is 11.5 Å². The van der Waals surface area contributed by atoms with Gasteiger partial charge in [0.2, 0.25) is 6.79 Å². The fourth-order valence-electron chi connectivity index (χ4n) is 2.37. The van der Waals surface area contributed by atoms with Crippen molar-refractivity contribution < 1.29 is 23.7 Å². The van der Waals surface area contributed by atoms with Crippen LogP contribution in [0.3, 0.4) is 0 Å². The monoisotopic (exact) mass is 329 g/mol. The number of carbonyl (C=O) groups excluding carboxylic acids is 1. The van der Waals surface area contributed by atoms with Crippen molar-refractivity contribution in [1.29, 1.82) is 0 Å². The Kier molecular flexibility index (Phi) is 4.74. The van der Waals surface area contributed by atoms with Gasteiger partial charge in [-0.15, -0.1) is 0 Å². The fraction of sp³-hybridized carbons (Fsp3) is 0.278. The van der Waals surface area contributed by atoms with E-state index in [1.165, 1.54) is 0 Å². The van der Waals surface area contributed by atoms with E-state index in [0.29, 0.717) is 11.5 Å². The van der Waals surface area contributed by atoms with Crippen LogP contribution in [-0.4, -0.2) is 26.4 Å². The lowest BCUT2D eigenvalue weighted by Gasteiger charge is -2.15. The van der Waals surface area contributed by atoms with Crippen molar-refractivity contribution in [3.8, 4) is 23.0 Å². The predicted molar refractivity (Wildman–Crippen MR) is 87.6 cm³/mol. The van der Waals surface area contributed by atoms with Crippen molar-refractivity contribution in [2.45, 2.75) is 13.0 Å². The zero-order chi connectivity index (χ0) is 16.9. The van der Waals surface area contributed by atoms with Gasteiger partial charge in [0.05, 0.1) is 13.2 Å². The van der Waals surface area contributed by atoms with Crippen LogP contribution in [0.2, 0.25) is 0 Å². The van der Waals surface area contributed by atoms with Gasteiger partial charge in [-0.1, -0.05) is 6.07 Å². The van der Waals surface area contributed by atoms with Crippen molar-refractivity contribution >= 4 is 5.91 Å². The van der Waals surface area contributed by atoms with E-state index in [1.807, 2.05) is 25.1 Å². The lowest BCUT2D eigenvalue weighted by Crippen LogP contribution is -2.31. The number of carbonyl (C=O) groups is 1. The summed E-state index contributed by atoms with van der Waals surface area (Å²) in [6, 6.07) is 12.5. The highest BCUT2D eigenvalue weighted by Gasteiger charge is 2.17. The molecule has 0 fully saturated rings. The van der Waals surface area contributed by atoms with Crippen molar-refractivity contribution in [1.82, 2.24) is 5.32 Å². The van der Waals surface area contributed by atoms with Crippen LogP contribution < -0.4 is 24.3 Å². The van der Waals surface area contributed by atoms with Gasteiger partial charge in [0, 0.05) is 0 Å². The second-order valence-corrected chi connectivity index (χ2v) is 5.37. The molecular weight excluding hydrogens is 310 g/mol. The molecule has 1 atom stereocenters. The minimum atomic E-state index is -0.198. The molecule has 0 saturated heterocycles. The van der Waals surface area contributed by atoms with Gasteiger partial charge < -0.3 is 24.3 Å². The van der Waals surface area contributed by atoms with Gasteiger partial charge in [0.15, 0.2) is 18.1 Å². The molecule has 0 bridgehead atoms. The molecule has 6 nitrogen and oxygen atoms in total. The summed E-state index contributed by atoms with van der Waals surface area (Å²) in [6.45, 7) is 2.08. The van der Waals surface area contributed by atoms with E-state index in [4.69, 9.17) is 18.9 Å². The highest BCUT2D eigenvalue weighted by atomic mass is 16.7. The van der Waals surface area contributed by atoms with Gasteiger partial charge >= 0.3 is 0 Å². The molecule has 1 aliphatic rings. The molecule has 0 unspecified atom stereocenters. The summed E-state index contributed by atoms with van der Waals surface area (Å²) in [4.78, 5) is 12.0. The smallest absolute Gasteiger partial charge is 0.258 e. The Morgan fingerprint density at radius 3 is 2.58 bits per heavy atom. The Balaban J connectivity index is 1.52. The first-order valence-electron chi connectivity index (χ1n) is 7.61. The van der Waals surface area contributed by atoms with Gasteiger partial charge in [-0.25, -0.2) is 0 Å². The topological polar surface area (TPSA) is 66.0 Å². The molecule has 1 aliphatic heterocycles. The van der Waals surface area contributed by atoms with Gasteiger partial charge in [-0.2, -0.15) is 0 Å². The van der Waals surface area contributed by atoms with Crippen LogP contribution in [0.1, 0.15) is 18.5 Å². The van der Waals surface area contributed by atoms with E-state index >= 15 is 0 Å². The molecule has 0 spiro atoms. The van der Waals surface area contributed by atoms with Crippen LogP contribution in [0.25, 0.3) is 0 Å². The molecular formula is C18H19NO5. The number of amides is 1. The van der Waals surface area contributed by atoms with Crippen molar-refractivity contribution in [2.24, 2.45) is 0 Å². The zero-order valence-electron chi connectivity index (χ0n) is 13.6. The van der Waals surface area contributed by atoms with Gasteiger partial charge in [0.25, 0.3) is 5.91 Å². The summed E-state index contributed by atoms with van der Waals surface area (Å²) in [5, 5.41) is 2.90. The Morgan fingerprint density at radius 2 is 1.83 bits per heavy atom. The van der Waals surface area contributed by atoms with E-state index in [0.717, 1.165) is 17.1 Å². The molecule has 0 saturated carbocycles. The average Bonchev–Trinajstić information content (AvgIpc) is 3.08. The number of hydrogen-bond donors (Lipinski definition) is 1. The van der Waals surface area contributed by atoms with Crippen LogP contribution in [-0.2, 0) is 4.79 Å². The predicted octanol–water partition coefficient (Wildman–Crippen LogP) is 2.68. The van der Waals surface area contributed by atoms with Crippen molar-refractivity contribution in [3.05, 3.63) is 48.0 Å². The molecule has 2 aromatic rings. The molecule has 1 heterocycles. The minimum Gasteiger partial charge on any atom is -0.497 e. The summed E-state index contributed by atoms with van der Waals surface area (Å²) < 4.78 is 21.2. The summed E-state index contributed by atoms with van der Waals surface area (Å²) in [7, 11) is 1.60. The van der Waals surface area contributed by atoms with E-state index in [-0.39, 0.29) is 25.3 Å². The summed E-state index contributed by atoms with van der Waals surface area (Å²) in [6.07, 6.45) is 0. The number of methoxy groups -OCH3 is 1. The van der Waals surface area contributed by atoms with Gasteiger partial charge in [-0.3, -0.25) is 4.79 Å². The second-order valence-electron chi connectivity index (χ2n) is 5.37. The molecule has 2 aromatic carbocycles. The Morgan fingerprint density at radius 1 is 1.12 bits per heavy atom. The molecule has 0 radical (unpaired) electrons. The first-order chi connectivity index (χ1) is 11.7. The van der Waals surface area contributed by atoms with Crippen LogP contribution in [0.4, 0.5) is 0 Å². The molecule has 6 heteroatoms. The quantitative estimate of drug-likeness (QED) is 0.882. The van der Waals surface area contributed by atoms with E-state index in [2.05, 4.69) is 5.32 Å². The lowest BCUT2D eigenvalue weighted by molar-refractivity contribution is -0.123. The number of nitrogens with one attached hydrogen (secondary N) is 1. The first-order valence-corrected chi connectivity index (χ1v) is 7.61. The molecule has 24 heavy (non-hydrogen) atoms. The van der Waals surface area contributed by atoms with Crippen LogP contribution in [0.15, 0.2) is 42.5 Å². The number of rotatable bonds is 6. The van der Waals surface area contributed by atoms with Crippen LogP contribution >= 0.6 is 0 Å². The maximum Gasteiger partial charge on any atom is 0.258 e. The summed E-state index contributed by atoms with van der Waals surface area (Å²) >= 11 is 0. The van der Waals surface area contributed by atoms with E-state index in [1.54, 1.807) is 31.4 Å². The first kappa shape index (κ1) is 16.0. The standard InChI is InChI=1S/C18H19NO5/c1-12(13-3-8-16-17(9-13)24-11-23-16)19-18(20)10-22-15-6-4-14(21-2)5-7-15/h3-9,12H,10-11H2,1-2H3,(H,19,20)/t12-/m1/s1. The van der Waals surface area contributed by atoms with Gasteiger partial charge in [-0.05, 0) is 48.9 Å². The SMILES string of the molecule is COc1ccc(OCC(=O)N[C@H](C)c2ccc3c(c2)OCO3)cc1. The van der Waals surface area contributed by atoms with Crippen molar-refractivity contribution in [2.75, 3.05) is 20.5 Å². The minimum absolute atomic E-state index is 0.0543. The van der Waals surface area contributed by atoms with E-state index in [9.17, 15) is 4.79 Å². The maximum absolute atomic E-state index is 12.0. The Labute approximate surface area is 140 Å².